The second kappa shape index (κ2) is 4.93. The number of benzene rings is 1. The summed E-state index contributed by atoms with van der Waals surface area (Å²) in [4.78, 5) is 2.66. The molecule has 0 aliphatic heterocycles. The summed E-state index contributed by atoms with van der Waals surface area (Å²) < 4.78 is 0. The number of nitrogens with zero attached hydrogens (tertiary/aromatic N) is 3. The van der Waals surface area contributed by atoms with Gasteiger partial charge in [0, 0.05) is 10.5 Å². The van der Waals surface area contributed by atoms with Gasteiger partial charge in [-0.1, -0.05) is 29.2 Å². The minimum absolute atomic E-state index is 0.247. The Kier molecular flexibility index (Phi) is 3.57. The predicted molar refractivity (Wildman–Crippen MR) is 53.3 cm³/mol. The fraction of sp³-hybridized carbons (Fsp3) is 0.200. The van der Waals surface area contributed by atoms with Crippen molar-refractivity contribution in [3.05, 3.63) is 45.8 Å². The van der Waals surface area contributed by atoms with Crippen LogP contribution < -0.4 is 0 Å². The van der Waals surface area contributed by atoms with Crippen molar-refractivity contribution >= 4 is 0 Å². The molecule has 0 spiro atoms. The minimum Gasteiger partial charge on any atom is -0.396 e. The maximum atomic E-state index is 9.00. The molecule has 1 N–H and O–H groups in total. The quantitative estimate of drug-likeness (QED) is 0.334. The summed E-state index contributed by atoms with van der Waals surface area (Å²) in [5.41, 5.74) is 9.60. The van der Waals surface area contributed by atoms with Gasteiger partial charge in [0.2, 0.25) is 0 Å². The van der Waals surface area contributed by atoms with E-state index in [1.54, 1.807) is 24.3 Å². The molecular formula is C10H9N3O. The van der Waals surface area contributed by atoms with Gasteiger partial charge in [0.15, 0.2) is 0 Å². The van der Waals surface area contributed by atoms with Crippen LogP contribution in [-0.2, 0) is 0 Å². The van der Waals surface area contributed by atoms with E-state index in [9.17, 15) is 0 Å². The zero-order valence-electron chi connectivity index (χ0n) is 7.46. The second-order valence-corrected chi connectivity index (χ2v) is 2.63. The largest absolute Gasteiger partial charge is 0.396 e. The molecule has 0 aromatic heterocycles. The van der Waals surface area contributed by atoms with Gasteiger partial charge in [-0.25, -0.2) is 0 Å². The molecule has 4 nitrogen and oxygen atoms in total. The highest BCUT2D eigenvalue weighted by molar-refractivity contribution is 5.41. The lowest BCUT2D eigenvalue weighted by Gasteiger charge is -2.09. The third kappa shape index (κ3) is 2.05. The predicted octanol–water partition coefficient (Wildman–Crippen LogP) is 2.01. The summed E-state index contributed by atoms with van der Waals surface area (Å²) in [6.45, 7) is -0.247. The van der Waals surface area contributed by atoms with E-state index in [2.05, 4.69) is 15.9 Å². The molecule has 14 heavy (non-hydrogen) atoms. The van der Waals surface area contributed by atoms with Gasteiger partial charge < -0.3 is 5.11 Å². The fourth-order valence-corrected chi connectivity index (χ4v) is 1.18. The highest BCUT2D eigenvalue weighted by atomic mass is 16.3. The first-order chi connectivity index (χ1) is 6.83. The molecule has 4 heteroatoms. The van der Waals surface area contributed by atoms with E-state index in [1.165, 1.54) is 0 Å². The topological polar surface area (TPSA) is 69.0 Å². The van der Waals surface area contributed by atoms with E-state index in [4.69, 9.17) is 17.1 Å². The Balaban J connectivity index is 3.16. The lowest BCUT2D eigenvalue weighted by Crippen LogP contribution is -2.02. The first-order valence-electron chi connectivity index (χ1n) is 4.04. The average molecular weight is 187 g/mol. The SMILES string of the molecule is C#Cc1ccccc1C(CO)N=[N+]=[N-]. The number of rotatable bonds is 3. The molecule has 0 bridgehead atoms. The van der Waals surface area contributed by atoms with Crippen LogP contribution in [0.15, 0.2) is 29.4 Å². The molecule has 0 radical (unpaired) electrons. The van der Waals surface area contributed by atoms with E-state index in [0.717, 1.165) is 0 Å². The zero-order valence-corrected chi connectivity index (χ0v) is 7.46. The maximum absolute atomic E-state index is 9.00. The van der Waals surface area contributed by atoms with Crippen LogP contribution in [0.3, 0.4) is 0 Å². The first kappa shape index (κ1) is 10.1. The Morgan fingerprint density at radius 3 is 2.86 bits per heavy atom. The van der Waals surface area contributed by atoms with Gasteiger partial charge in [-0.05, 0) is 17.2 Å². The molecule has 70 valence electrons. The van der Waals surface area contributed by atoms with Crippen LogP contribution in [0.4, 0.5) is 0 Å². The smallest absolute Gasteiger partial charge is 0.0868 e. The van der Waals surface area contributed by atoms with Crippen LogP contribution in [0.1, 0.15) is 17.2 Å². The molecule has 0 amide bonds. The summed E-state index contributed by atoms with van der Waals surface area (Å²) in [7, 11) is 0. The number of terminal acetylenes is 1. The van der Waals surface area contributed by atoms with E-state index >= 15 is 0 Å². The van der Waals surface area contributed by atoms with Crippen LogP contribution in [0, 0.1) is 12.3 Å². The van der Waals surface area contributed by atoms with Crippen LogP contribution in [0.5, 0.6) is 0 Å². The van der Waals surface area contributed by atoms with Gasteiger partial charge in [0.05, 0.1) is 12.6 Å². The number of hydrogen-bond donors (Lipinski definition) is 1. The maximum Gasteiger partial charge on any atom is 0.0868 e. The van der Waals surface area contributed by atoms with Crippen molar-refractivity contribution in [2.75, 3.05) is 6.61 Å². The molecule has 0 heterocycles. The highest BCUT2D eigenvalue weighted by Crippen LogP contribution is 2.20. The molecule has 1 rings (SSSR count). The van der Waals surface area contributed by atoms with E-state index in [-0.39, 0.29) is 6.61 Å². The summed E-state index contributed by atoms with van der Waals surface area (Å²) in [5, 5.41) is 12.5. The van der Waals surface area contributed by atoms with Gasteiger partial charge in [0.25, 0.3) is 0 Å². The van der Waals surface area contributed by atoms with Gasteiger partial charge >= 0.3 is 0 Å². The van der Waals surface area contributed by atoms with Gasteiger partial charge in [-0.2, -0.15) is 0 Å². The van der Waals surface area contributed by atoms with Crippen molar-refractivity contribution in [2.24, 2.45) is 5.11 Å². The molecule has 0 aliphatic rings. The summed E-state index contributed by atoms with van der Waals surface area (Å²) in [6, 6.07) is 6.46. The van der Waals surface area contributed by atoms with Gasteiger partial charge in [-0.3, -0.25) is 0 Å². The fourth-order valence-electron chi connectivity index (χ4n) is 1.18. The second-order valence-electron chi connectivity index (χ2n) is 2.63. The summed E-state index contributed by atoms with van der Waals surface area (Å²) >= 11 is 0. The normalized spacial score (nSPS) is 11.1. The Labute approximate surface area is 81.8 Å². The van der Waals surface area contributed by atoms with Crippen molar-refractivity contribution in [3.8, 4) is 12.3 Å². The van der Waals surface area contributed by atoms with Crippen LogP contribution in [0.2, 0.25) is 0 Å². The monoisotopic (exact) mass is 187 g/mol. The molecule has 1 aromatic rings. The van der Waals surface area contributed by atoms with Crippen molar-refractivity contribution in [3.63, 3.8) is 0 Å². The van der Waals surface area contributed by atoms with Crippen LogP contribution in [-0.4, -0.2) is 11.7 Å². The summed E-state index contributed by atoms with van der Waals surface area (Å²) in [6.07, 6.45) is 5.27. The van der Waals surface area contributed by atoms with E-state index in [0.29, 0.717) is 11.1 Å². The highest BCUT2D eigenvalue weighted by Gasteiger charge is 2.10. The molecule has 1 unspecified atom stereocenters. The minimum atomic E-state index is -0.604. The number of hydrogen-bond acceptors (Lipinski definition) is 2. The van der Waals surface area contributed by atoms with Gasteiger partial charge in [0.1, 0.15) is 0 Å². The lowest BCUT2D eigenvalue weighted by molar-refractivity contribution is 0.268. The first-order valence-corrected chi connectivity index (χ1v) is 4.04. The molecule has 0 saturated heterocycles. The molecule has 1 atom stereocenters. The number of aliphatic hydroxyl groups excluding tert-OH is 1. The number of aliphatic hydroxyl groups is 1. The lowest BCUT2D eigenvalue weighted by atomic mass is 10.0. The van der Waals surface area contributed by atoms with Gasteiger partial charge in [-0.15, -0.1) is 6.42 Å². The Hall–Kier alpha value is -1.95. The average Bonchev–Trinajstić information content (AvgIpc) is 2.26. The molecule has 0 fully saturated rings. The Bertz CT molecular complexity index is 402. The van der Waals surface area contributed by atoms with E-state index in [1.807, 2.05) is 0 Å². The van der Waals surface area contributed by atoms with Crippen LogP contribution in [0.25, 0.3) is 10.4 Å². The summed E-state index contributed by atoms with van der Waals surface area (Å²) in [5.74, 6) is 2.47. The van der Waals surface area contributed by atoms with E-state index < -0.39 is 6.04 Å². The molecular weight excluding hydrogens is 178 g/mol. The number of azide groups is 1. The van der Waals surface area contributed by atoms with Crippen molar-refractivity contribution in [1.82, 2.24) is 0 Å². The van der Waals surface area contributed by atoms with Crippen molar-refractivity contribution in [2.45, 2.75) is 6.04 Å². The van der Waals surface area contributed by atoms with Crippen molar-refractivity contribution < 1.29 is 5.11 Å². The third-order valence-electron chi connectivity index (χ3n) is 1.84. The van der Waals surface area contributed by atoms with Crippen molar-refractivity contribution in [1.29, 1.82) is 0 Å². The van der Waals surface area contributed by atoms with Crippen LogP contribution >= 0.6 is 0 Å². The Morgan fingerprint density at radius 2 is 2.29 bits per heavy atom. The molecule has 0 saturated carbocycles. The Morgan fingerprint density at radius 1 is 1.57 bits per heavy atom. The zero-order chi connectivity index (χ0) is 10.4. The third-order valence-corrected chi connectivity index (χ3v) is 1.84. The standard InChI is InChI=1S/C10H9N3O/c1-2-8-5-3-4-6-9(8)10(7-14)12-13-11/h1,3-6,10,14H,7H2. The molecule has 1 aromatic carbocycles. The molecule has 0 aliphatic carbocycles.